The molecule has 23 heavy (non-hydrogen) atoms. The molecule has 120 valence electrons. The van der Waals surface area contributed by atoms with Crippen molar-refractivity contribution >= 4 is 11.6 Å². The minimum Gasteiger partial charge on any atom is -0.439 e. The third kappa shape index (κ3) is 3.87. The van der Waals surface area contributed by atoms with E-state index in [0.717, 1.165) is 25.0 Å². The van der Waals surface area contributed by atoms with E-state index in [1.165, 1.54) is 0 Å². The zero-order valence-corrected chi connectivity index (χ0v) is 12.9. The molecule has 1 heterocycles. The van der Waals surface area contributed by atoms with Crippen LogP contribution in [0.2, 0.25) is 0 Å². The number of carbonyl (C=O) groups is 1. The summed E-state index contributed by atoms with van der Waals surface area (Å²) in [6.07, 6.45) is 4.64. The van der Waals surface area contributed by atoms with Gasteiger partial charge in [0.1, 0.15) is 5.75 Å². The van der Waals surface area contributed by atoms with Gasteiger partial charge in [-0.25, -0.2) is 4.98 Å². The highest BCUT2D eigenvalue weighted by Crippen LogP contribution is 2.32. The van der Waals surface area contributed by atoms with E-state index in [0.29, 0.717) is 24.0 Å². The first-order valence-electron chi connectivity index (χ1n) is 7.96. The maximum Gasteiger partial charge on any atom is 0.227 e. The Morgan fingerprint density at radius 1 is 1.22 bits per heavy atom. The number of aromatic nitrogens is 1. The van der Waals surface area contributed by atoms with E-state index in [1.54, 1.807) is 18.3 Å². The van der Waals surface area contributed by atoms with E-state index < -0.39 is 0 Å². The quantitative estimate of drug-likeness (QED) is 0.889. The number of nitrogens with zero attached hydrogens (tertiary/aromatic N) is 1. The van der Waals surface area contributed by atoms with Crippen molar-refractivity contribution in [2.24, 2.45) is 17.6 Å². The standard InChI is InChI=1S/C18H21N3O2/c19-11-13-5-4-8-16(13)18(22)21-14-9-10-17(20-12-14)23-15-6-2-1-3-7-15/h1-3,6-7,9-10,12-13,16H,4-5,8,11,19H2,(H,21,22)/t13-,16-/m1/s1. The molecule has 1 aromatic heterocycles. The first kappa shape index (κ1) is 15.5. The average Bonchev–Trinajstić information content (AvgIpc) is 3.06. The molecule has 0 spiro atoms. The van der Waals surface area contributed by atoms with Crippen molar-refractivity contribution in [1.29, 1.82) is 0 Å². The molecule has 1 saturated carbocycles. The number of anilines is 1. The van der Waals surface area contributed by atoms with Crippen molar-refractivity contribution in [3.8, 4) is 11.6 Å². The van der Waals surface area contributed by atoms with Gasteiger partial charge in [0.25, 0.3) is 0 Å². The zero-order valence-electron chi connectivity index (χ0n) is 12.9. The number of nitrogens with one attached hydrogen (secondary N) is 1. The van der Waals surface area contributed by atoms with Crippen LogP contribution in [0, 0.1) is 11.8 Å². The lowest BCUT2D eigenvalue weighted by molar-refractivity contribution is -0.120. The molecular formula is C18H21N3O2. The van der Waals surface area contributed by atoms with Crippen LogP contribution in [-0.4, -0.2) is 17.4 Å². The molecule has 0 radical (unpaired) electrons. The van der Waals surface area contributed by atoms with Crippen molar-refractivity contribution in [3.05, 3.63) is 48.7 Å². The van der Waals surface area contributed by atoms with Gasteiger partial charge in [-0.15, -0.1) is 0 Å². The van der Waals surface area contributed by atoms with Gasteiger partial charge in [0.2, 0.25) is 11.8 Å². The number of nitrogens with two attached hydrogens (primary N) is 1. The van der Waals surface area contributed by atoms with E-state index >= 15 is 0 Å². The molecule has 1 aliphatic carbocycles. The smallest absolute Gasteiger partial charge is 0.227 e. The third-order valence-corrected chi connectivity index (χ3v) is 4.27. The Hall–Kier alpha value is -2.40. The van der Waals surface area contributed by atoms with Crippen molar-refractivity contribution in [2.75, 3.05) is 11.9 Å². The van der Waals surface area contributed by atoms with Crippen molar-refractivity contribution < 1.29 is 9.53 Å². The van der Waals surface area contributed by atoms with Crippen LogP contribution in [0.25, 0.3) is 0 Å². The fraction of sp³-hybridized carbons (Fsp3) is 0.333. The molecule has 1 amide bonds. The summed E-state index contributed by atoms with van der Waals surface area (Å²) in [7, 11) is 0. The summed E-state index contributed by atoms with van der Waals surface area (Å²) in [5.74, 6) is 1.57. The summed E-state index contributed by atoms with van der Waals surface area (Å²) in [6, 6.07) is 13.0. The Morgan fingerprint density at radius 3 is 2.74 bits per heavy atom. The van der Waals surface area contributed by atoms with E-state index in [9.17, 15) is 4.79 Å². The summed E-state index contributed by atoms with van der Waals surface area (Å²) in [6.45, 7) is 0.570. The summed E-state index contributed by atoms with van der Waals surface area (Å²) >= 11 is 0. The van der Waals surface area contributed by atoms with Crippen molar-refractivity contribution in [2.45, 2.75) is 19.3 Å². The van der Waals surface area contributed by atoms with Crippen LogP contribution < -0.4 is 15.8 Å². The highest BCUT2D eigenvalue weighted by Gasteiger charge is 2.31. The average molecular weight is 311 g/mol. The van der Waals surface area contributed by atoms with E-state index in [1.807, 2.05) is 30.3 Å². The van der Waals surface area contributed by atoms with Crippen LogP contribution >= 0.6 is 0 Å². The summed E-state index contributed by atoms with van der Waals surface area (Å²) in [5.41, 5.74) is 6.42. The maximum atomic E-state index is 12.3. The van der Waals surface area contributed by atoms with E-state index in [2.05, 4.69) is 10.3 Å². The van der Waals surface area contributed by atoms with Crippen LogP contribution in [-0.2, 0) is 4.79 Å². The van der Waals surface area contributed by atoms with Gasteiger partial charge in [-0.3, -0.25) is 4.79 Å². The molecule has 0 saturated heterocycles. The molecule has 3 rings (SSSR count). The molecular weight excluding hydrogens is 290 g/mol. The van der Waals surface area contributed by atoms with Crippen LogP contribution in [0.3, 0.4) is 0 Å². The molecule has 1 fully saturated rings. The Labute approximate surface area is 135 Å². The van der Waals surface area contributed by atoms with Crippen molar-refractivity contribution in [3.63, 3.8) is 0 Å². The second-order valence-corrected chi connectivity index (χ2v) is 5.82. The molecule has 0 aliphatic heterocycles. The number of ether oxygens (including phenoxy) is 1. The lowest BCUT2D eigenvalue weighted by atomic mass is 9.95. The second-order valence-electron chi connectivity index (χ2n) is 5.82. The van der Waals surface area contributed by atoms with Gasteiger partial charge in [-0.1, -0.05) is 24.6 Å². The van der Waals surface area contributed by atoms with Gasteiger partial charge in [0.15, 0.2) is 0 Å². The van der Waals surface area contributed by atoms with Gasteiger partial charge in [-0.2, -0.15) is 0 Å². The largest absolute Gasteiger partial charge is 0.439 e. The molecule has 0 unspecified atom stereocenters. The monoisotopic (exact) mass is 311 g/mol. The summed E-state index contributed by atoms with van der Waals surface area (Å²) < 4.78 is 5.63. The van der Waals surface area contributed by atoms with Gasteiger partial charge in [-0.05, 0) is 43.5 Å². The number of carbonyl (C=O) groups excluding carboxylic acids is 1. The number of amides is 1. The van der Waals surface area contributed by atoms with Crippen LogP contribution in [0.4, 0.5) is 5.69 Å². The van der Waals surface area contributed by atoms with Crippen molar-refractivity contribution in [1.82, 2.24) is 4.98 Å². The lowest BCUT2D eigenvalue weighted by Gasteiger charge is -2.17. The van der Waals surface area contributed by atoms with Crippen LogP contribution in [0.15, 0.2) is 48.7 Å². The Kier molecular flexibility index (Phi) is 4.88. The Balaban J connectivity index is 1.60. The van der Waals surface area contributed by atoms with Crippen LogP contribution in [0.5, 0.6) is 11.6 Å². The fourth-order valence-electron chi connectivity index (χ4n) is 3.02. The molecule has 1 aliphatic rings. The zero-order chi connectivity index (χ0) is 16.1. The number of benzene rings is 1. The molecule has 5 heteroatoms. The highest BCUT2D eigenvalue weighted by atomic mass is 16.5. The minimum absolute atomic E-state index is 0.0141. The summed E-state index contributed by atoms with van der Waals surface area (Å²) in [4.78, 5) is 16.6. The molecule has 0 bridgehead atoms. The van der Waals surface area contributed by atoms with E-state index in [4.69, 9.17) is 10.5 Å². The third-order valence-electron chi connectivity index (χ3n) is 4.27. The van der Waals surface area contributed by atoms with E-state index in [-0.39, 0.29) is 11.8 Å². The second kappa shape index (κ2) is 7.24. The fourth-order valence-corrected chi connectivity index (χ4v) is 3.02. The predicted molar refractivity (Wildman–Crippen MR) is 89.3 cm³/mol. The predicted octanol–water partition coefficient (Wildman–Crippen LogP) is 3.19. The number of para-hydroxylation sites is 1. The number of rotatable bonds is 5. The van der Waals surface area contributed by atoms with Crippen LogP contribution in [0.1, 0.15) is 19.3 Å². The maximum absolute atomic E-state index is 12.3. The highest BCUT2D eigenvalue weighted by molar-refractivity contribution is 5.92. The minimum atomic E-state index is 0.0141. The molecule has 2 atom stereocenters. The topological polar surface area (TPSA) is 77.2 Å². The molecule has 5 nitrogen and oxygen atoms in total. The number of hydrogen-bond acceptors (Lipinski definition) is 4. The molecule has 1 aromatic carbocycles. The van der Waals surface area contributed by atoms with Gasteiger partial charge >= 0.3 is 0 Å². The summed E-state index contributed by atoms with van der Waals surface area (Å²) in [5, 5.41) is 2.93. The normalized spacial score (nSPS) is 20.2. The van der Waals surface area contributed by atoms with Gasteiger partial charge < -0.3 is 15.8 Å². The Bertz CT molecular complexity index is 643. The first-order chi connectivity index (χ1) is 11.3. The lowest BCUT2D eigenvalue weighted by Crippen LogP contribution is -2.29. The molecule has 2 aromatic rings. The number of pyridine rings is 1. The Morgan fingerprint density at radius 2 is 2.04 bits per heavy atom. The first-order valence-corrected chi connectivity index (χ1v) is 7.96. The molecule has 3 N–H and O–H groups in total. The SMILES string of the molecule is NC[C@H]1CCC[C@H]1C(=O)Nc1ccc(Oc2ccccc2)nc1. The van der Waals surface area contributed by atoms with Gasteiger partial charge in [0, 0.05) is 12.0 Å². The number of hydrogen-bond donors (Lipinski definition) is 2. The van der Waals surface area contributed by atoms with Gasteiger partial charge in [0.05, 0.1) is 11.9 Å².